The van der Waals surface area contributed by atoms with Crippen molar-refractivity contribution in [1.29, 1.82) is 0 Å². The van der Waals surface area contributed by atoms with Crippen LogP contribution in [0.4, 0.5) is 0 Å². The smallest absolute Gasteiger partial charge is 0.354 e. The molecule has 1 rings (SSSR count). The Kier molecular flexibility index (Phi) is 3.68. The first-order chi connectivity index (χ1) is 6.69. The van der Waals surface area contributed by atoms with Crippen LogP contribution in [0, 0.1) is 0 Å². The minimum Gasteiger partial charge on any atom is -0.477 e. The maximum Gasteiger partial charge on any atom is 0.354 e. The standard InChI is InChI=1S/C10H16N2O2/c1-3-5-6-8-7-9(10(13)14)12(4-2)11-8/h7H,3-6H2,1-2H3,(H,13,14). The molecule has 1 heterocycles. The summed E-state index contributed by atoms with van der Waals surface area (Å²) in [6, 6.07) is 1.67. The predicted molar refractivity (Wildman–Crippen MR) is 53.5 cm³/mol. The van der Waals surface area contributed by atoms with E-state index in [1.165, 1.54) is 4.68 Å². The lowest BCUT2D eigenvalue weighted by Gasteiger charge is -1.97. The second-order valence-corrected chi connectivity index (χ2v) is 3.25. The zero-order chi connectivity index (χ0) is 10.6. The van der Waals surface area contributed by atoms with Crippen molar-refractivity contribution in [3.63, 3.8) is 0 Å². The summed E-state index contributed by atoms with van der Waals surface area (Å²) in [5.41, 5.74) is 1.17. The quantitative estimate of drug-likeness (QED) is 0.783. The van der Waals surface area contributed by atoms with Crippen molar-refractivity contribution in [1.82, 2.24) is 9.78 Å². The first kappa shape index (κ1) is 10.8. The summed E-state index contributed by atoms with van der Waals surface area (Å²) >= 11 is 0. The third-order valence-corrected chi connectivity index (χ3v) is 2.14. The number of nitrogens with zero attached hydrogens (tertiary/aromatic N) is 2. The number of hydrogen-bond donors (Lipinski definition) is 1. The second kappa shape index (κ2) is 4.79. The zero-order valence-electron chi connectivity index (χ0n) is 8.66. The fourth-order valence-electron chi connectivity index (χ4n) is 1.36. The van der Waals surface area contributed by atoms with E-state index in [2.05, 4.69) is 12.0 Å². The second-order valence-electron chi connectivity index (χ2n) is 3.25. The van der Waals surface area contributed by atoms with Crippen LogP contribution >= 0.6 is 0 Å². The van der Waals surface area contributed by atoms with E-state index in [9.17, 15) is 4.79 Å². The van der Waals surface area contributed by atoms with Gasteiger partial charge in [-0.05, 0) is 25.8 Å². The number of aromatic nitrogens is 2. The van der Waals surface area contributed by atoms with Crippen LogP contribution in [-0.2, 0) is 13.0 Å². The molecule has 4 nitrogen and oxygen atoms in total. The van der Waals surface area contributed by atoms with Crippen molar-refractivity contribution in [3.05, 3.63) is 17.5 Å². The topological polar surface area (TPSA) is 55.1 Å². The first-order valence-corrected chi connectivity index (χ1v) is 4.99. The third kappa shape index (κ3) is 2.34. The molecule has 14 heavy (non-hydrogen) atoms. The van der Waals surface area contributed by atoms with Gasteiger partial charge in [-0.1, -0.05) is 13.3 Å². The molecule has 0 bridgehead atoms. The lowest BCUT2D eigenvalue weighted by Crippen LogP contribution is -2.08. The summed E-state index contributed by atoms with van der Waals surface area (Å²) in [5, 5.41) is 13.1. The van der Waals surface area contributed by atoms with Crippen molar-refractivity contribution in [3.8, 4) is 0 Å². The van der Waals surface area contributed by atoms with Gasteiger partial charge in [0.2, 0.25) is 0 Å². The normalized spacial score (nSPS) is 10.4. The van der Waals surface area contributed by atoms with Crippen molar-refractivity contribution < 1.29 is 9.90 Å². The summed E-state index contributed by atoms with van der Waals surface area (Å²) in [5.74, 6) is -0.901. The molecule has 78 valence electrons. The first-order valence-electron chi connectivity index (χ1n) is 4.99. The largest absolute Gasteiger partial charge is 0.477 e. The molecule has 4 heteroatoms. The molecule has 0 saturated carbocycles. The Labute approximate surface area is 83.5 Å². The number of aryl methyl sites for hydroxylation is 2. The van der Waals surface area contributed by atoms with Crippen molar-refractivity contribution in [2.45, 2.75) is 39.7 Å². The molecule has 0 saturated heterocycles. The number of carbonyl (C=O) groups is 1. The van der Waals surface area contributed by atoms with Gasteiger partial charge in [0.1, 0.15) is 5.69 Å². The van der Waals surface area contributed by atoms with Crippen molar-refractivity contribution >= 4 is 5.97 Å². The van der Waals surface area contributed by atoms with Gasteiger partial charge in [0.15, 0.2) is 0 Å². The van der Waals surface area contributed by atoms with Crippen LogP contribution in [0.2, 0.25) is 0 Å². The van der Waals surface area contributed by atoms with Gasteiger partial charge < -0.3 is 5.11 Å². The van der Waals surface area contributed by atoms with E-state index in [0.717, 1.165) is 25.0 Å². The fraction of sp³-hybridized carbons (Fsp3) is 0.600. The van der Waals surface area contributed by atoms with Crippen LogP contribution in [-0.4, -0.2) is 20.9 Å². The van der Waals surface area contributed by atoms with Gasteiger partial charge in [0.25, 0.3) is 0 Å². The summed E-state index contributed by atoms with van der Waals surface area (Å²) < 4.78 is 1.54. The molecule has 0 aliphatic rings. The fourth-order valence-corrected chi connectivity index (χ4v) is 1.36. The highest BCUT2D eigenvalue weighted by Gasteiger charge is 2.12. The maximum absolute atomic E-state index is 10.8. The van der Waals surface area contributed by atoms with E-state index < -0.39 is 5.97 Å². The lowest BCUT2D eigenvalue weighted by atomic mass is 10.2. The minimum atomic E-state index is -0.901. The highest BCUT2D eigenvalue weighted by atomic mass is 16.4. The molecule has 0 amide bonds. The van der Waals surface area contributed by atoms with E-state index >= 15 is 0 Å². The molecule has 1 aromatic rings. The maximum atomic E-state index is 10.8. The number of hydrogen-bond acceptors (Lipinski definition) is 2. The van der Waals surface area contributed by atoms with E-state index in [1.807, 2.05) is 6.92 Å². The molecule has 1 N–H and O–H groups in total. The molecule has 0 unspecified atom stereocenters. The van der Waals surface area contributed by atoms with Gasteiger partial charge in [-0.3, -0.25) is 4.68 Å². The van der Waals surface area contributed by atoms with E-state index in [-0.39, 0.29) is 0 Å². The average molecular weight is 196 g/mol. The summed E-state index contributed by atoms with van der Waals surface area (Å²) in [6.07, 6.45) is 3.02. The molecule has 0 spiro atoms. The number of carboxylic acids is 1. The summed E-state index contributed by atoms with van der Waals surface area (Å²) in [4.78, 5) is 10.8. The van der Waals surface area contributed by atoms with Crippen molar-refractivity contribution in [2.75, 3.05) is 0 Å². The Hall–Kier alpha value is -1.32. The third-order valence-electron chi connectivity index (χ3n) is 2.14. The van der Waals surface area contributed by atoms with Gasteiger partial charge in [-0.15, -0.1) is 0 Å². The van der Waals surface area contributed by atoms with Gasteiger partial charge >= 0.3 is 5.97 Å². The van der Waals surface area contributed by atoms with Crippen LogP contribution in [0.5, 0.6) is 0 Å². The highest BCUT2D eigenvalue weighted by Crippen LogP contribution is 2.07. The molecular weight excluding hydrogens is 180 g/mol. The van der Waals surface area contributed by atoms with Crippen LogP contribution in [0.15, 0.2) is 6.07 Å². The average Bonchev–Trinajstić information content (AvgIpc) is 2.57. The van der Waals surface area contributed by atoms with Gasteiger partial charge in [-0.2, -0.15) is 5.10 Å². The molecular formula is C10H16N2O2. The number of aromatic carboxylic acids is 1. The van der Waals surface area contributed by atoms with Crippen LogP contribution < -0.4 is 0 Å². The Morgan fingerprint density at radius 1 is 1.57 bits per heavy atom. The SMILES string of the molecule is CCCCc1cc(C(=O)O)n(CC)n1. The van der Waals surface area contributed by atoms with Gasteiger partial charge in [0, 0.05) is 6.54 Å². The highest BCUT2D eigenvalue weighted by molar-refractivity contribution is 5.85. The van der Waals surface area contributed by atoms with E-state index in [0.29, 0.717) is 12.2 Å². The molecule has 0 atom stereocenters. The number of carboxylic acid groups (broad SMARTS) is 1. The van der Waals surface area contributed by atoms with Gasteiger partial charge in [0.05, 0.1) is 5.69 Å². The summed E-state index contributed by atoms with van der Waals surface area (Å²) in [7, 11) is 0. The van der Waals surface area contributed by atoms with E-state index in [1.54, 1.807) is 6.07 Å². The zero-order valence-corrected chi connectivity index (χ0v) is 8.66. The molecule has 1 aromatic heterocycles. The Morgan fingerprint density at radius 2 is 2.29 bits per heavy atom. The van der Waals surface area contributed by atoms with E-state index in [4.69, 9.17) is 5.11 Å². The Morgan fingerprint density at radius 3 is 2.71 bits per heavy atom. The molecule has 0 aromatic carbocycles. The van der Waals surface area contributed by atoms with Crippen LogP contribution in [0.25, 0.3) is 0 Å². The van der Waals surface area contributed by atoms with Crippen LogP contribution in [0.1, 0.15) is 42.9 Å². The van der Waals surface area contributed by atoms with Crippen LogP contribution in [0.3, 0.4) is 0 Å². The van der Waals surface area contributed by atoms with Crippen molar-refractivity contribution in [2.24, 2.45) is 0 Å². The summed E-state index contributed by atoms with van der Waals surface area (Å²) in [6.45, 7) is 4.60. The lowest BCUT2D eigenvalue weighted by molar-refractivity contribution is 0.0683. The monoisotopic (exact) mass is 196 g/mol. The number of unbranched alkanes of at least 4 members (excludes halogenated alkanes) is 1. The molecule has 0 radical (unpaired) electrons. The molecule has 0 aliphatic heterocycles. The molecule has 0 fully saturated rings. The predicted octanol–water partition coefficient (Wildman–Crippen LogP) is 1.94. The Bertz CT molecular complexity index is 318. The minimum absolute atomic E-state index is 0.290. The molecule has 0 aliphatic carbocycles. The number of rotatable bonds is 5. The van der Waals surface area contributed by atoms with Gasteiger partial charge in [-0.25, -0.2) is 4.79 Å². The Balaban J connectivity index is 2.83.